The van der Waals surface area contributed by atoms with Gasteiger partial charge in [-0.2, -0.15) is 4.98 Å². The van der Waals surface area contributed by atoms with Gasteiger partial charge in [0.1, 0.15) is 11.9 Å². The van der Waals surface area contributed by atoms with Gasteiger partial charge in [0.05, 0.1) is 12.7 Å². The third-order valence-electron chi connectivity index (χ3n) is 4.44. The molecular weight excluding hydrogens is 350 g/mol. The van der Waals surface area contributed by atoms with Crippen LogP contribution < -0.4 is 11.3 Å². The minimum absolute atomic E-state index is 0.0570. The molecule has 1 unspecified atom stereocenters. The van der Waals surface area contributed by atoms with Crippen LogP contribution >= 0.6 is 0 Å². The van der Waals surface area contributed by atoms with Gasteiger partial charge in [0.15, 0.2) is 17.4 Å². The topological polar surface area (TPSA) is 139 Å². The maximum absolute atomic E-state index is 12.2. The zero-order valence-corrected chi connectivity index (χ0v) is 14.3. The first-order chi connectivity index (χ1) is 13.1. The highest BCUT2D eigenvalue weighted by molar-refractivity contribution is 5.77. The molecule has 0 bridgehead atoms. The summed E-state index contributed by atoms with van der Waals surface area (Å²) in [6.07, 6.45) is 1.59. The van der Waals surface area contributed by atoms with E-state index < -0.39 is 24.0 Å². The Morgan fingerprint density at radius 2 is 2.07 bits per heavy atom. The number of aliphatic hydroxyl groups excluding tert-OH is 2. The number of aromatic amines is 1. The molecule has 1 aliphatic heterocycles. The average Bonchev–Trinajstić information content (AvgIpc) is 3.20. The van der Waals surface area contributed by atoms with Crippen LogP contribution in [0.1, 0.15) is 24.0 Å². The van der Waals surface area contributed by atoms with Crippen molar-refractivity contribution in [2.24, 2.45) is 0 Å². The van der Waals surface area contributed by atoms with Gasteiger partial charge < -0.3 is 20.7 Å². The quantitative estimate of drug-likeness (QED) is 0.525. The highest BCUT2D eigenvalue weighted by Gasteiger charge is 2.37. The summed E-state index contributed by atoms with van der Waals surface area (Å²) >= 11 is 0. The highest BCUT2D eigenvalue weighted by atomic mass is 16.5. The van der Waals surface area contributed by atoms with Crippen molar-refractivity contribution < 1.29 is 14.9 Å². The second-order valence-corrected chi connectivity index (χ2v) is 6.34. The molecular formula is C18H19N5O4. The molecule has 9 heteroatoms. The Bertz CT molecular complexity index is 1040. The van der Waals surface area contributed by atoms with Crippen LogP contribution in [0.15, 0.2) is 35.1 Å². The van der Waals surface area contributed by atoms with E-state index in [9.17, 15) is 15.0 Å². The number of nitrogens with two attached hydrogens (primary N) is 1. The lowest BCUT2D eigenvalue weighted by Crippen LogP contribution is -2.22. The van der Waals surface area contributed by atoms with Gasteiger partial charge in [0, 0.05) is 6.42 Å². The van der Waals surface area contributed by atoms with Crippen molar-refractivity contribution in [3.63, 3.8) is 0 Å². The maximum Gasteiger partial charge on any atom is 0.280 e. The summed E-state index contributed by atoms with van der Waals surface area (Å²) in [6.45, 7) is -0.217. The van der Waals surface area contributed by atoms with Gasteiger partial charge >= 0.3 is 0 Å². The monoisotopic (exact) mass is 369 g/mol. The lowest BCUT2D eigenvalue weighted by Gasteiger charge is -2.18. The third-order valence-corrected chi connectivity index (χ3v) is 4.44. The minimum atomic E-state index is -0.884. The molecule has 0 radical (unpaired) electrons. The van der Waals surface area contributed by atoms with Crippen LogP contribution in [0.3, 0.4) is 0 Å². The smallest absolute Gasteiger partial charge is 0.280 e. The first kappa shape index (κ1) is 17.4. The number of imidazole rings is 1. The normalized spacial score (nSPS) is 22.8. The van der Waals surface area contributed by atoms with Crippen molar-refractivity contribution in [1.29, 1.82) is 0 Å². The SMILES string of the molecule is Nc1nc2c(nc(/C=C/c3ccccc3)n2C2O[C@H](CO)C[C@@H]2O)c(=O)[nH]1. The van der Waals surface area contributed by atoms with Crippen molar-refractivity contribution in [2.45, 2.75) is 24.9 Å². The molecule has 5 N–H and O–H groups in total. The molecule has 1 aromatic carbocycles. The minimum Gasteiger partial charge on any atom is -0.394 e. The number of nitrogens with one attached hydrogen (secondary N) is 1. The lowest BCUT2D eigenvalue weighted by molar-refractivity contribution is -0.0489. The Labute approximate surface area is 153 Å². The number of fused-ring (bicyclic) bond motifs is 1. The van der Waals surface area contributed by atoms with Gasteiger partial charge in [-0.25, -0.2) is 4.98 Å². The van der Waals surface area contributed by atoms with E-state index in [1.165, 1.54) is 0 Å². The Morgan fingerprint density at radius 3 is 2.78 bits per heavy atom. The summed E-state index contributed by atoms with van der Waals surface area (Å²) in [5, 5.41) is 19.8. The number of H-pyrrole nitrogens is 1. The summed E-state index contributed by atoms with van der Waals surface area (Å²) in [4.78, 5) is 23.2. The van der Waals surface area contributed by atoms with E-state index in [0.29, 0.717) is 5.82 Å². The largest absolute Gasteiger partial charge is 0.394 e. The van der Waals surface area contributed by atoms with Gasteiger partial charge in [-0.3, -0.25) is 14.3 Å². The van der Waals surface area contributed by atoms with Crippen LogP contribution in [0.5, 0.6) is 0 Å². The summed E-state index contributed by atoms with van der Waals surface area (Å²) in [5.74, 6) is 0.332. The fourth-order valence-electron chi connectivity index (χ4n) is 3.20. The van der Waals surface area contributed by atoms with Crippen LogP contribution in [-0.4, -0.2) is 48.5 Å². The van der Waals surface area contributed by atoms with E-state index in [1.807, 2.05) is 36.4 Å². The molecule has 1 saturated heterocycles. The van der Waals surface area contributed by atoms with E-state index in [2.05, 4.69) is 15.0 Å². The van der Waals surface area contributed by atoms with Gasteiger partial charge in [0.25, 0.3) is 5.56 Å². The van der Waals surface area contributed by atoms with Crippen LogP contribution in [0.25, 0.3) is 23.3 Å². The number of nitrogens with zero attached hydrogens (tertiary/aromatic N) is 3. The van der Waals surface area contributed by atoms with Crippen molar-refractivity contribution in [1.82, 2.24) is 19.5 Å². The van der Waals surface area contributed by atoms with E-state index in [1.54, 1.807) is 10.6 Å². The van der Waals surface area contributed by atoms with Crippen molar-refractivity contribution in [2.75, 3.05) is 12.3 Å². The van der Waals surface area contributed by atoms with Gasteiger partial charge in [-0.15, -0.1) is 0 Å². The number of ether oxygens (including phenoxy) is 1. The number of rotatable bonds is 4. The molecule has 2 aromatic heterocycles. The van der Waals surface area contributed by atoms with Gasteiger partial charge in [-0.1, -0.05) is 36.4 Å². The van der Waals surface area contributed by atoms with Gasteiger partial charge in [-0.05, 0) is 11.6 Å². The molecule has 0 saturated carbocycles. The molecule has 3 heterocycles. The number of benzene rings is 1. The highest BCUT2D eigenvalue weighted by Crippen LogP contribution is 2.32. The predicted molar refractivity (Wildman–Crippen MR) is 99.6 cm³/mol. The molecule has 140 valence electrons. The maximum atomic E-state index is 12.2. The Morgan fingerprint density at radius 1 is 1.30 bits per heavy atom. The van der Waals surface area contributed by atoms with Gasteiger partial charge in [0.2, 0.25) is 5.95 Å². The molecule has 3 aromatic rings. The zero-order chi connectivity index (χ0) is 19.0. The van der Waals surface area contributed by atoms with E-state index in [0.717, 1.165) is 5.56 Å². The molecule has 9 nitrogen and oxygen atoms in total. The molecule has 4 rings (SSSR count). The summed E-state index contributed by atoms with van der Waals surface area (Å²) in [7, 11) is 0. The number of aromatic nitrogens is 4. The molecule has 0 spiro atoms. The molecule has 3 atom stereocenters. The van der Waals surface area contributed by atoms with Crippen LogP contribution in [0.4, 0.5) is 5.95 Å². The molecule has 0 aliphatic carbocycles. The number of nitrogen functional groups attached to an aromatic ring is 1. The van der Waals surface area contributed by atoms with Crippen LogP contribution in [-0.2, 0) is 4.74 Å². The predicted octanol–water partition coefficient (Wildman–Crippen LogP) is 0.513. The first-order valence-electron chi connectivity index (χ1n) is 8.52. The average molecular weight is 369 g/mol. The summed E-state index contributed by atoms with van der Waals surface area (Å²) in [6, 6.07) is 9.58. The fourth-order valence-corrected chi connectivity index (χ4v) is 3.20. The Hall–Kier alpha value is -3.01. The van der Waals surface area contributed by atoms with E-state index in [4.69, 9.17) is 10.5 Å². The summed E-state index contributed by atoms with van der Waals surface area (Å²) < 4.78 is 7.29. The number of aliphatic hydroxyl groups is 2. The number of hydrogen-bond donors (Lipinski definition) is 4. The Kier molecular flexibility index (Phi) is 4.48. The van der Waals surface area contributed by atoms with E-state index in [-0.39, 0.29) is 30.1 Å². The van der Waals surface area contributed by atoms with Crippen LogP contribution in [0.2, 0.25) is 0 Å². The van der Waals surface area contributed by atoms with E-state index >= 15 is 0 Å². The number of anilines is 1. The molecule has 27 heavy (non-hydrogen) atoms. The lowest BCUT2D eigenvalue weighted by atomic mass is 10.2. The summed E-state index contributed by atoms with van der Waals surface area (Å²) in [5.41, 5.74) is 6.47. The third kappa shape index (κ3) is 3.23. The molecule has 1 aliphatic rings. The molecule has 1 fully saturated rings. The number of hydrogen-bond acceptors (Lipinski definition) is 7. The van der Waals surface area contributed by atoms with Crippen molar-refractivity contribution in [3.05, 3.63) is 52.1 Å². The fraction of sp³-hybridized carbons (Fsp3) is 0.278. The zero-order valence-electron chi connectivity index (χ0n) is 14.3. The second-order valence-electron chi connectivity index (χ2n) is 6.34. The van der Waals surface area contributed by atoms with Crippen molar-refractivity contribution >= 4 is 29.3 Å². The van der Waals surface area contributed by atoms with Crippen LogP contribution in [0, 0.1) is 0 Å². The second kappa shape index (κ2) is 6.95. The first-order valence-corrected chi connectivity index (χ1v) is 8.52. The Balaban J connectivity index is 1.86. The molecule has 0 amide bonds. The van der Waals surface area contributed by atoms with Crippen molar-refractivity contribution in [3.8, 4) is 0 Å². The standard InChI is InChI=1S/C18H19N5O4/c19-18-21-15-14(16(26)22-18)20-13(7-6-10-4-2-1-3-5-10)23(15)17-12(25)8-11(9-24)27-17/h1-7,11-12,17,24-25H,8-9H2,(H3,19,21,22,26)/b7-6+/t11-,12-,17?/m0/s1.